The molecule has 7 nitrogen and oxygen atoms in total. The van der Waals surface area contributed by atoms with Crippen LogP contribution >= 0.6 is 0 Å². The molecule has 2 N–H and O–H groups in total. The molecule has 1 aliphatic rings. The Balaban J connectivity index is 1.67. The van der Waals surface area contributed by atoms with Crippen LogP contribution in [0.2, 0.25) is 0 Å². The average molecular weight is 416 g/mol. The van der Waals surface area contributed by atoms with Crippen LogP contribution in [0.4, 0.5) is 11.4 Å². The molecule has 2 aromatic rings. The number of amides is 2. The van der Waals surface area contributed by atoms with Gasteiger partial charge < -0.3 is 10.2 Å². The van der Waals surface area contributed by atoms with E-state index in [4.69, 9.17) is 0 Å². The van der Waals surface area contributed by atoms with Crippen molar-refractivity contribution >= 4 is 33.2 Å². The van der Waals surface area contributed by atoms with Gasteiger partial charge in [-0.2, -0.15) is 0 Å². The fourth-order valence-electron chi connectivity index (χ4n) is 3.26. The number of carbonyl (C=O) groups excluding carboxylic acids is 2. The highest BCUT2D eigenvalue weighted by atomic mass is 32.2. The molecule has 154 valence electrons. The first-order valence-corrected chi connectivity index (χ1v) is 11.0. The summed E-state index contributed by atoms with van der Waals surface area (Å²) in [5.74, 6) is -0.804. The Labute approximate surface area is 171 Å². The van der Waals surface area contributed by atoms with Crippen LogP contribution in [0.3, 0.4) is 0 Å². The first-order chi connectivity index (χ1) is 13.7. The van der Waals surface area contributed by atoms with Gasteiger partial charge in [-0.1, -0.05) is 13.0 Å². The number of hydrogen-bond acceptors (Lipinski definition) is 4. The van der Waals surface area contributed by atoms with E-state index in [1.165, 1.54) is 12.1 Å². The highest BCUT2D eigenvalue weighted by Gasteiger charge is 2.35. The second kappa shape index (κ2) is 8.34. The van der Waals surface area contributed by atoms with E-state index >= 15 is 0 Å². The first-order valence-electron chi connectivity index (χ1n) is 9.49. The van der Waals surface area contributed by atoms with E-state index in [1.807, 2.05) is 32.0 Å². The Morgan fingerprint density at radius 2 is 1.79 bits per heavy atom. The van der Waals surface area contributed by atoms with Gasteiger partial charge in [-0.3, -0.25) is 9.59 Å². The fourth-order valence-corrected chi connectivity index (χ4v) is 4.30. The Morgan fingerprint density at radius 3 is 2.41 bits per heavy atom. The third-order valence-corrected chi connectivity index (χ3v) is 6.63. The summed E-state index contributed by atoms with van der Waals surface area (Å²) in [5, 5.41) is 2.77. The molecule has 2 aromatic carbocycles. The zero-order chi connectivity index (χ0) is 21.2. The summed E-state index contributed by atoms with van der Waals surface area (Å²) in [4.78, 5) is 26.8. The minimum atomic E-state index is -3.54. The number of carbonyl (C=O) groups is 2. The lowest BCUT2D eigenvalue weighted by molar-refractivity contribution is -0.122. The molecule has 0 saturated carbocycles. The third-order valence-electron chi connectivity index (χ3n) is 5.06. The zero-order valence-corrected chi connectivity index (χ0v) is 17.5. The number of benzene rings is 2. The van der Waals surface area contributed by atoms with E-state index in [2.05, 4.69) is 10.0 Å². The Kier molecular flexibility index (Phi) is 6.04. The standard InChI is InChI=1S/C21H25N3O4S/c1-4-22-29(27,28)19-9-6-17(7-10-19)23-21(26)16-12-20(25)24(13-16)18-8-5-14(2)15(3)11-18/h5-11,16,22H,4,12-13H2,1-3H3,(H,23,26). The van der Waals surface area contributed by atoms with Crippen molar-refractivity contribution in [2.24, 2.45) is 5.92 Å². The normalized spacial score (nSPS) is 16.9. The van der Waals surface area contributed by atoms with Crippen LogP contribution in [0.5, 0.6) is 0 Å². The van der Waals surface area contributed by atoms with Crippen LogP contribution in [0.25, 0.3) is 0 Å². The molecule has 1 aliphatic heterocycles. The minimum absolute atomic E-state index is 0.0829. The van der Waals surface area contributed by atoms with Gasteiger partial charge in [0.25, 0.3) is 0 Å². The summed E-state index contributed by atoms with van der Waals surface area (Å²) in [5.41, 5.74) is 3.53. The molecule has 1 atom stereocenters. The van der Waals surface area contributed by atoms with E-state index in [-0.39, 0.29) is 23.1 Å². The van der Waals surface area contributed by atoms with Crippen LogP contribution in [0, 0.1) is 19.8 Å². The molecule has 0 radical (unpaired) electrons. The number of nitrogens with zero attached hydrogens (tertiary/aromatic N) is 1. The predicted octanol–water partition coefficient (Wildman–Crippen LogP) is 2.59. The van der Waals surface area contributed by atoms with Crippen molar-refractivity contribution in [3.8, 4) is 0 Å². The van der Waals surface area contributed by atoms with Crippen molar-refractivity contribution in [3.05, 3.63) is 53.6 Å². The summed E-state index contributed by atoms with van der Waals surface area (Å²) in [6.07, 6.45) is 0.144. The summed E-state index contributed by atoms with van der Waals surface area (Å²) in [6.45, 7) is 6.32. The molecule has 29 heavy (non-hydrogen) atoms. The molecule has 0 aliphatic carbocycles. The Bertz CT molecular complexity index is 1030. The molecule has 8 heteroatoms. The summed E-state index contributed by atoms with van der Waals surface area (Å²) in [6, 6.07) is 11.8. The molecule has 3 rings (SSSR count). The van der Waals surface area contributed by atoms with Gasteiger partial charge in [-0.05, 0) is 61.4 Å². The molecular formula is C21H25N3O4S. The van der Waals surface area contributed by atoms with Crippen LogP contribution in [0.15, 0.2) is 47.4 Å². The number of aryl methyl sites for hydroxylation is 2. The second-order valence-corrected chi connectivity index (χ2v) is 8.96. The minimum Gasteiger partial charge on any atom is -0.326 e. The summed E-state index contributed by atoms with van der Waals surface area (Å²) < 4.78 is 26.4. The van der Waals surface area contributed by atoms with Crippen LogP contribution in [-0.2, 0) is 19.6 Å². The maximum absolute atomic E-state index is 12.6. The van der Waals surface area contributed by atoms with Crippen molar-refractivity contribution in [1.29, 1.82) is 0 Å². The average Bonchev–Trinajstić information content (AvgIpc) is 3.06. The van der Waals surface area contributed by atoms with Gasteiger partial charge in [0.1, 0.15) is 0 Å². The van der Waals surface area contributed by atoms with Crippen molar-refractivity contribution in [1.82, 2.24) is 4.72 Å². The maximum Gasteiger partial charge on any atom is 0.240 e. The molecule has 1 unspecified atom stereocenters. The number of rotatable bonds is 6. The second-order valence-electron chi connectivity index (χ2n) is 7.19. The van der Waals surface area contributed by atoms with Crippen molar-refractivity contribution < 1.29 is 18.0 Å². The molecule has 1 heterocycles. The molecule has 1 saturated heterocycles. The third kappa shape index (κ3) is 4.65. The van der Waals surface area contributed by atoms with Crippen LogP contribution in [-0.4, -0.2) is 33.3 Å². The predicted molar refractivity (Wildman–Crippen MR) is 112 cm³/mol. The molecule has 0 spiro atoms. The SMILES string of the molecule is CCNS(=O)(=O)c1ccc(NC(=O)C2CC(=O)N(c3ccc(C)c(C)c3)C2)cc1. The van der Waals surface area contributed by atoms with Crippen LogP contribution < -0.4 is 14.9 Å². The van der Waals surface area contributed by atoms with Crippen molar-refractivity contribution in [2.45, 2.75) is 32.1 Å². The maximum atomic E-state index is 12.6. The Hall–Kier alpha value is -2.71. The van der Waals surface area contributed by atoms with Gasteiger partial charge >= 0.3 is 0 Å². The van der Waals surface area contributed by atoms with E-state index in [9.17, 15) is 18.0 Å². The fraction of sp³-hybridized carbons (Fsp3) is 0.333. The number of hydrogen-bond donors (Lipinski definition) is 2. The van der Waals surface area contributed by atoms with Crippen molar-refractivity contribution in [2.75, 3.05) is 23.3 Å². The molecule has 2 amide bonds. The van der Waals surface area contributed by atoms with Gasteiger partial charge in [0.05, 0.1) is 10.8 Å². The quantitative estimate of drug-likeness (QED) is 0.758. The van der Waals surface area contributed by atoms with E-state index in [0.29, 0.717) is 18.8 Å². The van der Waals surface area contributed by atoms with Gasteiger partial charge in [0.15, 0.2) is 0 Å². The first kappa shape index (κ1) is 21.0. The van der Waals surface area contributed by atoms with E-state index in [0.717, 1.165) is 16.8 Å². The lowest BCUT2D eigenvalue weighted by atomic mass is 10.1. The lowest BCUT2D eigenvalue weighted by Crippen LogP contribution is -2.28. The molecule has 0 bridgehead atoms. The highest BCUT2D eigenvalue weighted by molar-refractivity contribution is 7.89. The Morgan fingerprint density at radius 1 is 1.10 bits per heavy atom. The van der Waals surface area contributed by atoms with Gasteiger partial charge in [0.2, 0.25) is 21.8 Å². The van der Waals surface area contributed by atoms with Crippen LogP contribution in [0.1, 0.15) is 24.5 Å². The smallest absolute Gasteiger partial charge is 0.240 e. The summed E-state index contributed by atoms with van der Waals surface area (Å²) in [7, 11) is -3.54. The van der Waals surface area contributed by atoms with E-state index < -0.39 is 15.9 Å². The topological polar surface area (TPSA) is 95.6 Å². The summed E-state index contributed by atoms with van der Waals surface area (Å²) >= 11 is 0. The molecule has 1 fully saturated rings. The van der Waals surface area contributed by atoms with Gasteiger partial charge in [-0.25, -0.2) is 13.1 Å². The molecular weight excluding hydrogens is 390 g/mol. The zero-order valence-electron chi connectivity index (χ0n) is 16.7. The number of sulfonamides is 1. The number of nitrogens with one attached hydrogen (secondary N) is 2. The largest absolute Gasteiger partial charge is 0.326 e. The van der Waals surface area contributed by atoms with E-state index in [1.54, 1.807) is 24.0 Å². The lowest BCUT2D eigenvalue weighted by Gasteiger charge is -2.18. The van der Waals surface area contributed by atoms with Gasteiger partial charge in [-0.15, -0.1) is 0 Å². The number of anilines is 2. The monoisotopic (exact) mass is 415 g/mol. The highest BCUT2D eigenvalue weighted by Crippen LogP contribution is 2.27. The van der Waals surface area contributed by atoms with Crippen molar-refractivity contribution in [3.63, 3.8) is 0 Å². The molecule has 0 aromatic heterocycles. The van der Waals surface area contributed by atoms with Gasteiger partial charge in [0, 0.05) is 30.9 Å².